The molecule has 3 heterocycles. The van der Waals surface area contributed by atoms with Gasteiger partial charge in [-0.25, -0.2) is 38.2 Å². The highest BCUT2D eigenvalue weighted by atomic mass is 19.4. The van der Waals surface area contributed by atoms with Crippen LogP contribution < -0.4 is 5.32 Å². The van der Waals surface area contributed by atoms with Gasteiger partial charge in [-0.15, -0.1) is 5.10 Å². The number of carbonyl (C=O) groups is 1. The maximum absolute atomic E-state index is 13.4. The van der Waals surface area contributed by atoms with Gasteiger partial charge in [0.25, 0.3) is 5.92 Å². The summed E-state index contributed by atoms with van der Waals surface area (Å²) in [4.78, 5) is 28.6. The van der Waals surface area contributed by atoms with Gasteiger partial charge in [0, 0.05) is 48.3 Å². The number of ether oxygens (including phenoxy) is 1. The van der Waals surface area contributed by atoms with Crippen molar-refractivity contribution in [1.29, 1.82) is 0 Å². The number of pyridine rings is 1. The Balaban J connectivity index is 1.65. The Morgan fingerprint density at radius 2 is 1.84 bits per heavy atom. The van der Waals surface area contributed by atoms with E-state index in [1.165, 1.54) is 31.0 Å². The Bertz CT molecular complexity index is 1330. The van der Waals surface area contributed by atoms with Gasteiger partial charge in [0.2, 0.25) is 5.95 Å². The number of aromatic nitrogens is 6. The molecule has 14 heteroatoms. The van der Waals surface area contributed by atoms with E-state index in [1.54, 1.807) is 13.8 Å². The molecule has 1 saturated carbocycles. The fraction of sp³-hybridized carbons (Fsp3) is 0.417. The van der Waals surface area contributed by atoms with Crippen LogP contribution in [0.15, 0.2) is 30.9 Å². The van der Waals surface area contributed by atoms with E-state index in [0.717, 1.165) is 30.5 Å². The Morgan fingerprint density at radius 3 is 2.42 bits per heavy atom. The molecule has 0 aromatic carbocycles. The van der Waals surface area contributed by atoms with E-state index in [-0.39, 0.29) is 34.4 Å². The lowest BCUT2D eigenvalue weighted by atomic mass is 10.1. The van der Waals surface area contributed by atoms with Crippen molar-refractivity contribution in [3.63, 3.8) is 0 Å². The van der Waals surface area contributed by atoms with Gasteiger partial charge in [0.1, 0.15) is 12.0 Å². The summed E-state index contributed by atoms with van der Waals surface area (Å²) >= 11 is 0. The third-order valence-electron chi connectivity index (χ3n) is 5.24. The van der Waals surface area contributed by atoms with Gasteiger partial charge in [0.05, 0.1) is 18.2 Å². The SMILES string of the molecule is CC(C)OC(=O)/C(=C/n1cnc(-c2cc(C3CC3)nc(C(F)(F)F)c2)n1)c1cnc(NCC(C)(F)F)nc1. The molecule has 0 spiro atoms. The quantitative estimate of drug-likeness (QED) is 0.230. The van der Waals surface area contributed by atoms with Crippen molar-refractivity contribution < 1.29 is 31.5 Å². The van der Waals surface area contributed by atoms with Crippen molar-refractivity contribution in [1.82, 2.24) is 29.7 Å². The number of esters is 1. The summed E-state index contributed by atoms with van der Waals surface area (Å²) in [5.41, 5.74) is -0.404. The van der Waals surface area contributed by atoms with Gasteiger partial charge >= 0.3 is 12.1 Å². The highest BCUT2D eigenvalue weighted by Gasteiger charge is 2.36. The minimum absolute atomic E-state index is 0.00363. The number of hydrogen-bond donors (Lipinski definition) is 1. The molecule has 0 saturated heterocycles. The van der Waals surface area contributed by atoms with Crippen molar-refractivity contribution in [2.45, 2.75) is 57.7 Å². The molecule has 202 valence electrons. The van der Waals surface area contributed by atoms with Crippen LogP contribution in [0.4, 0.5) is 27.9 Å². The molecule has 4 rings (SSSR count). The summed E-state index contributed by atoms with van der Waals surface area (Å²) in [6, 6.07) is 2.41. The molecule has 0 bridgehead atoms. The predicted molar refractivity (Wildman–Crippen MR) is 127 cm³/mol. The normalized spacial score (nSPS) is 14.6. The molecule has 1 aliphatic rings. The summed E-state index contributed by atoms with van der Waals surface area (Å²) in [7, 11) is 0. The molecule has 3 aromatic heterocycles. The number of halogens is 5. The Kier molecular flexibility index (Phi) is 7.42. The summed E-state index contributed by atoms with van der Waals surface area (Å²) in [5, 5.41) is 6.61. The Labute approximate surface area is 214 Å². The van der Waals surface area contributed by atoms with Crippen LogP contribution in [0.3, 0.4) is 0 Å². The van der Waals surface area contributed by atoms with Crippen LogP contribution in [0.5, 0.6) is 0 Å². The highest BCUT2D eigenvalue weighted by Crippen LogP contribution is 2.41. The Hall–Kier alpha value is -3.97. The average molecular weight is 537 g/mol. The van der Waals surface area contributed by atoms with Crippen molar-refractivity contribution >= 4 is 23.7 Å². The third-order valence-corrected chi connectivity index (χ3v) is 5.24. The zero-order valence-electron chi connectivity index (χ0n) is 20.6. The smallest absolute Gasteiger partial charge is 0.433 e. The second-order valence-corrected chi connectivity index (χ2v) is 9.20. The number of carbonyl (C=O) groups excluding carboxylic acids is 1. The van der Waals surface area contributed by atoms with Gasteiger partial charge < -0.3 is 10.1 Å². The van der Waals surface area contributed by atoms with Crippen LogP contribution in [0.2, 0.25) is 0 Å². The molecule has 3 aromatic rings. The van der Waals surface area contributed by atoms with Gasteiger partial charge in [-0.3, -0.25) is 0 Å². The number of rotatable bonds is 9. The second kappa shape index (κ2) is 10.4. The van der Waals surface area contributed by atoms with E-state index >= 15 is 0 Å². The summed E-state index contributed by atoms with van der Waals surface area (Å²) < 4.78 is 72.9. The topological polar surface area (TPSA) is 108 Å². The van der Waals surface area contributed by atoms with Crippen LogP contribution in [-0.4, -0.2) is 54.3 Å². The molecule has 0 unspecified atom stereocenters. The number of nitrogens with zero attached hydrogens (tertiary/aromatic N) is 6. The van der Waals surface area contributed by atoms with Crippen LogP contribution in [0.1, 0.15) is 56.5 Å². The van der Waals surface area contributed by atoms with Gasteiger partial charge in [-0.1, -0.05) is 0 Å². The lowest BCUT2D eigenvalue weighted by Crippen LogP contribution is -2.23. The summed E-state index contributed by atoms with van der Waals surface area (Å²) in [6.07, 6.45) is 1.40. The summed E-state index contributed by atoms with van der Waals surface area (Å²) in [6.45, 7) is 3.36. The zero-order valence-corrected chi connectivity index (χ0v) is 20.6. The molecule has 0 amide bonds. The molecule has 0 radical (unpaired) electrons. The van der Waals surface area contributed by atoms with Crippen molar-refractivity contribution in [2.24, 2.45) is 0 Å². The minimum atomic E-state index is -4.63. The first kappa shape index (κ1) is 27.1. The molecule has 1 aliphatic carbocycles. The molecular formula is C24H24F5N7O2. The maximum atomic E-state index is 13.4. The zero-order chi connectivity index (χ0) is 27.7. The lowest BCUT2D eigenvalue weighted by Gasteiger charge is -2.13. The van der Waals surface area contributed by atoms with E-state index in [4.69, 9.17) is 4.74 Å². The van der Waals surface area contributed by atoms with Crippen LogP contribution in [0, 0.1) is 0 Å². The number of alkyl halides is 5. The van der Waals surface area contributed by atoms with Gasteiger partial charge in [0.15, 0.2) is 5.82 Å². The Morgan fingerprint density at radius 1 is 1.16 bits per heavy atom. The van der Waals surface area contributed by atoms with Crippen molar-refractivity contribution in [3.05, 3.63) is 47.8 Å². The predicted octanol–water partition coefficient (Wildman–Crippen LogP) is 5.04. The molecule has 0 aliphatic heterocycles. The van der Waals surface area contributed by atoms with Crippen molar-refractivity contribution in [3.8, 4) is 11.4 Å². The number of hydrogen-bond acceptors (Lipinski definition) is 8. The highest BCUT2D eigenvalue weighted by molar-refractivity contribution is 6.20. The first-order valence-electron chi connectivity index (χ1n) is 11.7. The van der Waals surface area contributed by atoms with E-state index in [1.807, 2.05) is 0 Å². The van der Waals surface area contributed by atoms with Crippen LogP contribution in [0.25, 0.3) is 23.2 Å². The third kappa shape index (κ3) is 7.07. The van der Waals surface area contributed by atoms with E-state index in [9.17, 15) is 26.7 Å². The average Bonchev–Trinajstić information content (AvgIpc) is 3.58. The fourth-order valence-electron chi connectivity index (χ4n) is 3.33. The fourth-order valence-corrected chi connectivity index (χ4v) is 3.33. The van der Waals surface area contributed by atoms with Gasteiger partial charge in [-0.05, 0) is 38.8 Å². The van der Waals surface area contributed by atoms with Gasteiger partial charge in [-0.2, -0.15) is 13.2 Å². The van der Waals surface area contributed by atoms with E-state index in [2.05, 4.69) is 30.4 Å². The molecule has 9 nitrogen and oxygen atoms in total. The number of anilines is 1. The molecule has 1 fully saturated rings. The standard InChI is InChI=1S/C24H24F5N7O2/c1-13(2)38-21(37)17(16-8-30-22(31-9-16)32-11-23(3,25)26)10-36-12-33-20(35-36)15-6-18(14-4-5-14)34-19(7-15)24(27,28)29/h6-10,12-14H,4-5,11H2,1-3H3,(H,30,31,32)/b17-10+. The summed E-state index contributed by atoms with van der Waals surface area (Å²) in [5.74, 6) is -3.82. The molecule has 0 atom stereocenters. The molecule has 38 heavy (non-hydrogen) atoms. The first-order chi connectivity index (χ1) is 17.8. The minimum Gasteiger partial charge on any atom is -0.459 e. The monoisotopic (exact) mass is 537 g/mol. The first-order valence-corrected chi connectivity index (χ1v) is 11.7. The molecule has 1 N–H and O–H groups in total. The lowest BCUT2D eigenvalue weighted by molar-refractivity contribution is -0.141. The van der Waals surface area contributed by atoms with Crippen LogP contribution >= 0.6 is 0 Å². The van der Waals surface area contributed by atoms with Crippen LogP contribution in [-0.2, 0) is 15.7 Å². The van der Waals surface area contributed by atoms with E-state index < -0.39 is 36.4 Å². The maximum Gasteiger partial charge on any atom is 0.433 e. The second-order valence-electron chi connectivity index (χ2n) is 9.20. The largest absolute Gasteiger partial charge is 0.459 e. The van der Waals surface area contributed by atoms with Crippen molar-refractivity contribution in [2.75, 3.05) is 11.9 Å². The van der Waals surface area contributed by atoms with E-state index in [0.29, 0.717) is 5.69 Å². The number of nitrogens with one attached hydrogen (secondary N) is 1. The molecular weight excluding hydrogens is 513 g/mol.